The quantitative estimate of drug-likeness (QED) is 0.654. The summed E-state index contributed by atoms with van der Waals surface area (Å²) >= 11 is 0. The number of carbonyl (C=O) groups is 1. The third kappa shape index (κ3) is 4.99. The largest absolute Gasteiger partial charge is 0.447 e. The minimum absolute atomic E-state index is 0.0351. The van der Waals surface area contributed by atoms with Crippen LogP contribution in [0.4, 0.5) is 4.79 Å². The number of amides is 1. The molecule has 0 spiro atoms. The molecule has 0 aromatic rings. The summed E-state index contributed by atoms with van der Waals surface area (Å²) in [7, 11) is 1.75. The molecule has 0 aromatic carbocycles. The summed E-state index contributed by atoms with van der Waals surface area (Å²) < 4.78 is 5.00. The van der Waals surface area contributed by atoms with Crippen LogP contribution >= 0.6 is 0 Å². The molecule has 0 atom stereocenters. The predicted molar refractivity (Wildman–Crippen MR) is 49.1 cm³/mol. The highest BCUT2D eigenvalue weighted by molar-refractivity contribution is 5.67. The van der Waals surface area contributed by atoms with Crippen molar-refractivity contribution in [3.8, 4) is 0 Å². The van der Waals surface area contributed by atoms with Gasteiger partial charge in [0, 0.05) is 13.6 Å². The molecular weight excluding hydrogens is 154 g/mol. The molecule has 3 heteroatoms. The lowest BCUT2D eigenvalue weighted by atomic mass is 10.2. The first-order valence-corrected chi connectivity index (χ1v) is 4.35. The topological polar surface area (TPSA) is 29.5 Å². The highest BCUT2D eigenvalue weighted by Crippen LogP contribution is 2.00. The van der Waals surface area contributed by atoms with E-state index in [9.17, 15) is 4.79 Å². The van der Waals surface area contributed by atoms with Gasteiger partial charge in [0.25, 0.3) is 0 Å². The number of hydrogen-bond acceptors (Lipinski definition) is 2. The van der Waals surface area contributed by atoms with E-state index in [1.54, 1.807) is 11.9 Å². The lowest BCUT2D eigenvalue weighted by Gasteiger charge is -2.20. The van der Waals surface area contributed by atoms with Crippen molar-refractivity contribution in [3.05, 3.63) is 0 Å². The van der Waals surface area contributed by atoms with E-state index in [0.717, 1.165) is 6.54 Å². The highest BCUT2D eigenvalue weighted by Gasteiger charge is 2.12. The van der Waals surface area contributed by atoms with E-state index in [1.165, 1.54) is 0 Å². The molecule has 0 aliphatic carbocycles. The van der Waals surface area contributed by atoms with E-state index < -0.39 is 0 Å². The maximum absolute atomic E-state index is 11.2. The molecule has 72 valence electrons. The standard InChI is InChI=1S/C9H19NO2/c1-7(2)6-10(5)9(11)12-8(3)4/h7-8H,6H2,1-5H3. The van der Waals surface area contributed by atoms with Gasteiger partial charge >= 0.3 is 6.09 Å². The lowest BCUT2D eigenvalue weighted by Crippen LogP contribution is -2.32. The second kappa shape index (κ2) is 5.01. The highest BCUT2D eigenvalue weighted by atomic mass is 16.6. The average molecular weight is 173 g/mol. The monoisotopic (exact) mass is 173 g/mol. The Bertz CT molecular complexity index is 143. The van der Waals surface area contributed by atoms with E-state index in [-0.39, 0.29) is 12.2 Å². The van der Waals surface area contributed by atoms with Crippen molar-refractivity contribution in [2.45, 2.75) is 33.8 Å². The van der Waals surface area contributed by atoms with Crippen molar-refractivity contribution >= 4 is 6.09 Å². The first kappa shape index (κ1) is 11.3. The molecule has 0 radical (unpaired) electrons. The number of carbonyl (C=O) groups excluding carboxylic acids is 1. The Morgan fingerprint density at radius 2 is 1.83 bits per heavy atom. The van der Waals surface area contributed by atoms with Crippen molar-refractivity contribution in [3.63, 3.8) is 0 Å². The van der Waals surface area contributed by atoms with Gasteiger partial charge in [0.1, 0.15) is 0 Å². The molecular formula is C9H19NO2. The molecule has 0 heterocycles. The summed E-state index contributed by atoms with van der Waals surface area (Å²) in [6, 6.07) is 0. The van der Waals surface area contributed by atoms with Crippen LogP contribution in [0.3, 0.4) is 0 Å². The second-order valence-electron chi connectivity index (χ2n) is 3.71. The Balaban J connectivity index is 3.77. The first-order valence-electron chi connectivity index (χ1n) is 4.35. The smallest absolute Gasteiger partial charge is 0.409 e. The fourth-order valence-corrected chi connectivity index (χ4v) is 0.914. The minimum Gasteiger partial charge on any atom is -0.447 e. The van der Waals surface area contributed by atoms with Gasteiger partial charge in [0.2, 0.25) is 0 Å². The molecule has 1 amide bonds. The number of nitrogens with zero attached hydrogens (tertiary/aromatic N) is 1. The van der Waals surface area contributed by atoms with Crippen molar-refractivity contribution in [2.75, 3.05) is 13.6 Å². The van der Waals surface area contributed by atoms with Gasteiger partial charge in [0.05, 0.1) is 6.10 Å². The van der Waals surface area contributed by atoms with Crippen LogP contribution < -0.4 is 0 Å². The van der Waals surface area contributed by atoms with Gasteiger partial charge in [0.15, 0.2) is 0 Å². The van der Waals surface area contributed by atoms with Crippen LogP contribution in [0.2, 0.25) is 0 Å². The minimum atomic E-state index is -0.237. The van der Waals surface area contributed by atoms with Gasteiger partial charge in [-0.2, -0.15) is 0 Å². The van der Waals surface area contributed by atoms with Gasteiger partial charge in [-0.05, 0) is 19.8 Å². The van der Waals surface area contributed by atoms with Crippen LogP contribution in [-0.2, 0) is 4.74 Å². The van der Waals surface area contributed by atoms with Crippen molar-refractivity contribution in [1.82, 2.24) is 4.90 Å². The van der Waals surface area contributed by atoms with Gasteiger partial charge in [-0.15, -0.1) is 0 Å². The van der Waals surface area contributed by atoms with Crippen LogP contribution in [0.5, 0.6) is 0 Å². The SMILES string of the molecule is CC(C)CN(C)C(=O)OC(C)C. The van der Waals surface area contributed by atoms with Gasteiger partial charge < -0.3 is 9.64 Å². The summed E-state index contributed by atoms with van der Waals surface area (Å²) in [6.07, 6.45) is -0.272. The van der Waals surface area contributed by atoms with Gasteiger partial charge in [-0.3, -0.25) is 0 Å². The normalized spacial score (nSPS) is 10.6. The molecule has 0 N–H and O–H groups in total. The molecule has 0 unspecified atom stereocenters. The maximum Gasteiger partial charge on any atom is 0.409 e. The summed E-state index contributed by atoms with van der Waals surface area (Å²) in [5.41, 5.74) is 0. The predicted octanol–water partition coefficient (Wildman–Crippen LogP) is 2.12. The molecule has 0 rings (SSSR count). The molecule has 0 bridgehead atoms. The lowest BCUT2D eigenvalue weighted by molar-refractivity contribution is 0.0811. The average Bonchev–Trinajstić information content (AvgIpc) is 1.84. The molecule has 0 aliphatic heterocycles. The zero-order valence-corrected chi connectivity index (χ0v) is 8.63. The first-order chi connectivity index (χ1) is 5.43. The van der Waals surface area contributed by atoms with Crippen molar-refractivity contribution < 1.29 is 9.53 Å². The van der Waals surface area contributed by atoms with E-state index in [1.807, 2.05) is 13.8 Å². The van der Waals surface area contributed by atoms with Crippen molar-refractivity contribution in [1.29, 1.82) is 0 Å². The Kier molecular flexibility index (Phi) is 4.71. The van der Waals surface area contributed by atoms with Crippen LogP contribution in [0.1, 0.15) is 27.7 Å². The Morgan fingerprint density at radius 1 is 1.33 bits per heavy atom. The Hall–Kier alpha value is -0.730. The van der Waals surface area contributed by atoms with Crippen LogP contribution in [-0.4, -0.2) is 30.7 Å². The zero-order chi connectivity index (χ0) is 9.72. The summed E-state index contributed by atoms with van der Waals surface area (Å²) in [5.74, 6) is 0.481. The molecule has 0 fully saturated rings. The van der Waals surface area contributed by atoms with Crippen LogP contribution in [0.15, 0.2) is 0 Å². The third-order valence-electron chi connectivity index (χ3n) is 1.29. The molecule has 0 aliphatic rings. The van der Waals surface area contributed by atoms with E-state index in [4.69, 9.17) is 4.74 Å². The van der Waals surface area contributed by atoms with E-state index in [2.05, 4.69) is 13.8 Å². The third-order valence-corrected chi connectivity index (χ3v) is 1.29. The zero-order valence-electron chi connectivity index (χ0n) is 8.63. The number of rotatable bonds is 3. The maximum atomic E-state index is 11.2. The van der Waals surface area contributed by atoms with E-state index >= 15 is 0 Å². The summed E-state index contributed by atoms with van der Waals surface area (Å²) in [5, 5.41) is 0. The summed E-state index contributed by atoms with van der Waals surface area (Å²) in [4.78, 5) is 12.8. The fourth-order valence-electron chi connectivity index (χ4n) is 0.914. The summed E-state index contributed by atoms with van der Waals surface area (Å²) in [6.45, 7) is 8.58. The number of ether oxygens (including phenoxy) is 1. The van der Waals surface area contributed by atoms with Crippen molar-refractivity contribution in [2.24, 2.45) is 5.92 Å². The van der Waals surface area contributed by atoms with Gasteiger partial charge in [-0.25, -0.2) is 4.79 Å². The van der Waals surface area contributed by atoms with Crippen LogP contribution in [0.25, 0.3) is 0 Å². The molecule has 12 heavy (non-hydrogen) atoms. The van der Waals surface area contributed by atoms with Gasteiger partial charge in [-0.1, -0.05) is 13.8 Å². The fraction of sp³-hybridized carbons (Fsp3) is 0.889. The molecule has 3 nitrogen and oxygen atoms in total. The Labute approximate surface area is 74.7 Å². The van der Waals surface area contributed by atoms with Crippen LogP contribution in [0, 0.1) is 5.92 Å². The molecule has 0 aromatic heterocycles. The number of hydrogen-bond donors (Lipinski definition) is 0. The Morgan fingerprint density at radius 3 is 2.17 bits per heavy atom. The molecule has 0 saturated carbocycles. The molecule has 0 saturated heterocycles. The second-order valence-corrected chi connectivity index (χ2v) is 3.71. The van der Waals surface area contributed by atoms with E-state index in [0.29, 0.717) is 5.92 Å².